The Morgan fingerprint density at radius 3 is 2.23 bits per heavy atom. The Labute approximate surface area is 380 Å². The van der Waals surface area contributed by atoms with Gasteiger partial charge >= 0.3 is 11.8 Å². The summed E-state index contributed by atoms with van der Waals surface area (Å²) in [7, 11) is 1.41. The first kappa shape index (κ1) is 50.8. The molecule has 6 rings (SSSR count). The molecule has 4 aliphatic rings. The van der Waals surface area contributed by atoms with Crippen LogP contribution in [0.25, 0.3) is 10.8 Å². The molecule has 0 unspecified atom stereocenters. The van der Waals surface area contributed by atoms with E-state index in [4.69, 9.17) is 18.9 Å². The van der Waals surface area contributed by atoms with Gasteiger partial charge in [0.25, 0.3) is 11.7 Å². The number of aliphatic hydroxyl groups is 5. The maximum Gasteiger partial charge on any atom is 0.312 e. The van der Waals surface area contributed by atoms with Crippen molar-refractivity contribution in [2.75, 3.05) is 24.7 Å². The van der Waals surface area contributed by atoms with E-state index in [0.29, 0.717) is 0 Å². The van der Waals surface area contributed by atoms with Crippen molar-refractivity contribution in [3.63, 3.8) is 0 Å². The average Bonchev–Trinajstić information content (AvgIpc) is 3.52. The lowest BCUT2D eigenvalue weighted by atomic mass is 9.78. The van der Waals surface area contributed by atoms with E-state index in [1.165, 1.54) is 53.0 Å². The number of carbonyl (C=O) groups excluding carboxylic acids is 4. The lowest BCUT2D eigenvalue weighted by Gasteiger charge is -2.38. The number of allylic oxidation sites excluding steroid dienone is 2. The largest absolute Gasteiger partial charge is 0.507 e. The Balaban J connectivity index is 1.62. The number of hydrogen-bond acceptors (Lipinski definition) is 17. The summed E-state index contributed by atoms with van der Waals surface area (Å²) in [6, 6.07) is 0. The fourth-order valence-electron chi connectivity index (χ4n) is 8.38. The van der Waals surface area contributed by atoms with Crippen LogP contribution in [0, 0.1) is 30.6 Å². The van der Waals surface area contributed by atoms with E-state index in [1.54, 1.807) is 33.8 Å². The number of benzene rings is 2. The van der Waals surface area contributed by atoms with Crippen molar-refractivity contribution in [2.24, 2.45) is 23.7 Å². The third-order valence-corrected chi connectivity index (χ3v) is 13.5. The van der Waals surface area contributed by atoms with E-state index in [2.05, 4.69) is 10.6 Å². The minimum absolute atomic E-state index is 0.00977. The van der Waals surface area contributed by atoms with E-state index in [1.807, 2.05) is 0 Å². The summed E-state index contributed by atoms with van der Waals surface area (Å²) in [5, 5.41) is 93.1. The minimum Gasteiger partial charge on any atom is -0.507 e. The number of methoxy groups -OCH3 is 1. The van der Waals surface area contributed by atoms with Gasteiger partial charge in [-0.1, -0.05) is 45.9 Å². The number of esters is 1. The molecule has 0 saturated carbocycles. The molecular formula is C46H60N2O16S. The zero-order valence-electron chi connectivity index (χ0n) is 37.7. The first-order valence-corrected chi connectivity index (χ1v) is 22.2. The second-order valence-corrected chi connectivity index (χ2v) is 18.2. The zero-order valence-corrected chi connectivity index (χ0v) is 38.5. The van der Waals surface area contributed by atoms with Crippen LogP contribution in [-0.4, -0.2) is 132 Å². The van der Waals surface area contributed by atoms with E-state index < -0.39 is 113 Å². The van der Waals surface area contributed by atoms with Crippen LogP contribution in [0.3, 0.4) is 0 Å². The van der Waals surface area contributed by atoms with Crippen LogP contribution >= 0.6 is 11.8 Å². The number of anilines is 1. The number of aromatic hydroxyl groups is 3. The number of rotatable bonds is 7. The lowest BCUT2D eigenvalue weighted by Crippen LogP contribution is -2.46. The van der Waals surface area contributed by atoms with Crippen LogP contribution in [0.15, 0.2) is 52.7 Å². The van der Waals surface area contributed by atoms with Crippen molar-refractivity contribution in [1.82, 2.24) is 5.32 Å². The van der Waals surface area contributed by atoms with Gasteiger partial charge in [0.05, 0.1) is 46.5 Å². The van der Waals surface area contributed by atoms with Crippen LogP contribution in [0.5, 0.6) is 23.0 Å². The third-order valence-electron chi connectivity index (χ3n) is 12.4. The molecule has 2 aromatic carbocycles. The number of amides is 2. The summed E-state index contributed by atoms with van der Waals surface area (Å²) < 4.78 is 23.5. The molecule has 5 bridgehead atoms. The highest BCUT2D eigenvalue weighted by molar-refractivity contribution is 7.99. The van der Waals surface area contributed by atoms with Crippen molar-refractivity contribution in [1.29, 1.82) is 0 Å². The van der Waals surface area contributed by atoms with Gasteiger partial charge in [0.2, 0.25) is 5.91 Å². The number of hydrogen-bond donors (Lipinski definition) is 10. The number of ether oxygens (including phenoxy) is 4. The second-order valence-electron chi connectivity index (χ2n) is 17.1. The predicted molar refractivity (Wildman–Crippen MR) is 238 cm³/mol. The minimum atomic E-state index is -2.12. The normalized spacial score (nSPS) is 33.0. The van der Waals surface area contributed by atoms with E-state index >= 15 is 0 Å². The summed E-state index contributed by atoms with van der Waals surface area (Å²) in [5.41, 5.74) is -0.479. The zero-order chi connectivity index (χ0) is 48.4. The van der Waals surface area contributed by atoms with Gasteiger partial charge in [0.15, 0.2) is 5.75 Å². The van der Waals surface area contributed by atoms with Crippen molar-refractivity contribution in [2.45, 2.75) is 115 Å². The van der Waals surface area contributed by atoms with E-state index in [0.717, 1.165) is 24.1 Å². The average molecular weight is 929 g/mol. The molecule has 3 aliphatic heterocycles. The van der Waals surface area contributed by atoms with Crippen LogP contribution in [0.2, 0.25) is 0 Å². The van der Waals surface area contributed by atoms with Crippen LogP contribution in [-0.2, 0) is 28.6 Å². The summed E-state index contributed by atoms with van der Waals surface area (Å²) >= 11 is 0.864. The quantitative estimate of drug-likeness (QED) is 0.0626. The van der Waals surface area contributed by atoms with E-state index in [-0.39, 0.29) is 68.1 Å². The molecule has 0 aromatic heterocycles. The van der Waals surface area contributed by atoms with Crippen molar-refractivity contribution < 1.29 is 79.0 Å². The van der Waals surface area contributed by atoms with E-state index in [9.17, 15) is 60.0 Å². The molecule has 2 amide bonds. The first-order valence-electron chi connectivity index (χ1n) is 21.2. The van der Waals surface area contributed by atoms with Crippen molar-refractivity contribution in [3.05, 3.63) is 58.9 Å². The molecule has 0 fully saturated rings. The van der Waals surface area contributed by atoms with Gasteiger partial charge in [0, 0.05) is 85.4 Å². The number of fused-ring (bicyclic) bond motifs is 14. The summed E-state index contributed by atoms with van der Waals surface area (Å²) in [5.74, 6) is -9.75. The van der Waals surface area contributed by atoms with Crippen LogP contribution < -0.4 is 15.4 Å². The third kappa shape index (κ3) is 10.3. The molecule has 10 N–H and O–H groups in total. The van der Waals surface area contributed by atoms with Gasteiger partial charge in [0.1, 0.15) is 41.2 Å². The number of nitrogens with one attached hydrogen (secondary N) is 2. The number of carbonyl (C=O) groups is 4. The maximum absolute atomic E-state index is 14.5. The molecule has 2 aromatic rings. The Morgan fingerprint density at radius 1 is 0.923 bits per heavy atom. The number of Topliss-reactive ketones (excluding diaryl/α,β-unsaturated/α-hetero) is 1. The predicted octanol–water partition coefficient (Wildman–Crippen LogP) is 3.38. The number of phenolic OH excluding ortho intramolecular Hbond substituents is 3. The number of thioether (sulfide) groups is 1. The molecule has 356 valence electrons. The number of ketones is 1. The topological polar surface area (TPSA) is 291 Å². The Kier molecular flexibility index (Phi) is 16.1. The van der Waals surface area contributed by atoms with Gasteiger partial charge in [-0.3, -0.25) is 19.2 Å². The first-order chi connectivity index (χ1) is 30.5. The van der Waals surface area contributed by atoms with Gasteiger partial charge in [-0.25, -0.2) is 0 Å². The van der Waals surface area contributed by atoms with Gasteiger partial charge in [-0.2, -0.15) is 0 Å². The number of phenols is 3. The number of aliphatic hydroxyl groups excluding tert-OH is 5. The Morgan fingerprint density at radius 2 is 1.60 bits per heavy atom. The molecule has 19 heteroatoms. The highest BCUT2D eigenvalue weighted by Gasteiger charge is 2.50. The molecule has 3 heterocycles. The monoisotopic (exact) mass is 928 g/mol. The highest BCUT2D eigenvalue weighted by Crippen LogP contribution is 2.57. The fourth-order valence-corrected chi connectivity index (χ4v) is 9.32. The smallest absolute Gasteiger partial charge is 0.312 e. The Hall–Kier alpha value is -5.15. The summed E-state index contributed by atoms with van der Waals surface area (Å²) in [6.07, 6.45) is -0.235. The highest BCUT2D eigenvalue weighted by atomic mass is 32.2. The van der Waals surface area contributed by atoms with Gasteiger partial charge < -0.3 is 70.4 Å². The Bertz CT molecular complexity index is 2310. The lowest BCUT2D eigenvalue weighted by molar-refractivity contribution is -0.160. The van der Waals surface area contributed by atoms with Crippen molar-refractivity contribution >= 4 is 51.8 Å². The standard InChI is InChI=1S/C46H60N2O16S/c1-19-11-10-12-20(2)44(59)48-33-38(56)31-30(39(57)42(33)65-16-14-47-45(60)26-17-27(50)37(55)28(51)18-26)32-41(24(6)36(31)54)64-46(8,43(32)58)62-15-13-29(61-9)21(3)40(63-25(7)49)23(5)35(53)22(4)34(19)52/h10-13,15,17,19,21-23,27-29,34-35,37,40,50-57H,14,16,18H2,1-9H3,(H,47,60)(H,48,59)/b11-10+,15-13+,20-12-/t19-,21+,22+,23+,27+,28+,29-,34-,35+,37+,40+,46-/m0/s1. The summed E-state index contributed by atoms with van der Waals surface area (Å²) in [6.45, 7) is 12.1. The molecule has 65 heavy (non-hydrogen) atoms. The fraction of sp³-hybridized carbons (Fsp3) is 0.522. The summed E-state index contributed by atoms with van der Waals surface area (Å²) in [4.78, 5) is 53.4. The molecule has 0 radical (unpaired) electrons. The van der Waals surface area contributed by atoms with Crippen molar-refractivity contribution in [3.8, 4) is 23.0 Å². The second kappa shape index (κ2) is 20.6. The SMILES string of the molecule is CO[C@H]1/C=C/O[C@@]2(C)Oc3c(C)c(O)c4c(O)c(c(SCCNC(=O)C5=C[C@@H](O)[C@@H](O)[C@H](O)C5)c(O)c4c3C2=O)NC(=O)/C(C)=C\C=C\[C@H](C)[C@H](O)[C@@H](C)[C@@H](O)[C@@H](C)[C@H](OC(C)=O)[C@@H]1C. The van der Waals surface area contributed by atoms with Gasteiger partial charge in [-0.15, -0.1) is 11.8 Å². The molecule has 0 saturated heterocycles. The van der Waals surface area contributed by atoms with Crippen LogP contribution in [0.4, 0.5) is 5.69 Å². The molecule has 0 spiro atoms. The molecule has 12 atom stereocenters. The molecule has 1 aliphatic carbocycles. The molecular weight excluding hydrogens is 869 g/mol. The van der Waals surface area contributed by atoms with Crippen LogP contribution in [0.1, 0.15) is 70.8 Å². The maximum atomic E-state index is 14.5. The van der Waals surface area contributed by atoms with Gasteiger partial charge in [-0.05, 0) is 26.0 Å². The molecule has 18 nitrogen and oxygen atoms in total.